The summed E-state index contributed by atoms with van der Waals surface area (Å²) in [7, 11) is 0. The summed E-state index contributed by atoms with van der Waals surface area (Å²) in [6.07, 6.45) is 0. The van der Waals surface area contributed by atoms with Gasteiger partial charge in [0.15, 0.2) is 0 Å². The lowest BCUT2D eigenvalue weighted by Gasteiger charge is -2.08. The van der Waals surface area contributed by atoms with Crippen molar-refractivity contribution in [2.45, 2.75) is 0 Å². The SMILES string of the molecule is O=C(O)c1cc(NC(=O)c2ccccc2Cl)cc(C(=O)O)c1. The second-order valence-electron chi connectivity index (χ2n) is 4.34. The minimum atomic E-state index is -1.30. The number of amides is 1. The molecule has 6 nitrogen and oxygen atoms in total. The van der Waals surface area contributed by atoms with E-state index in [1.165, 1.54) is 24.3 Å². The second-order valence-corrected chi connectivity index (χ2v) is 4.75. The average Bonchev–Trinajstić information content (AvgIpc) is 2.47. The minimum absolute atomic E-state index is 0.0576. The summed E-state index contributed by atoms with van der Waals surface area (Å²) in [4.78, 5) is 34.1. The van der Waals surface area contributed by atoms with Crippen LogP contribution in [0.1, 0.15) is 31.1 Å². The first-order valence-corrected chi connectivity index (χ1v) is 6.44. The summed E-state index contributed by atoms with van der Waals surface area (Å²) in [5.41, 5.74) is -0.229. The molecule has 0 aliphatic rings. The molecular formula is C15H10ClNO5. The van der Waals surface area contributed by atoms with Crippen LogP contribution in [0.25, 0.3) is 0 Å². The van der Waals surface area contributed by atoms with Crippen LogP contribution in [-0.2, 0) is 0 Å². The predicted molar refractivity (Wildman–Crippen MR) is 79.8 cm³/mol. The Hall–Kier alpha value is -2.86. The molecule has 0 saturated carbocycles. The van der Waals surface area contributed by atoms with Crippen molar-refractivity contribution in [1.29, 1.82) is 0 Å². The lowest BCUT2D eigenvalue weighted by Crippen LogP contribution is -2.14. The van der Waals surface area contributed by atoms with Crippen molar-refractivity contribution >= 4 is 35.1 Å². The van der Waals surface area contributed by atoms with Gasteiger partial charge in [0.25, 0.3) is 5.91 Å². The Morgan fingerprint density at radius 2 is 1.45 bits per heavy atom. The molecule has 0 aliphatic heterocycles. The maximum Gasteiger partial charge on any atom is 0.335 e. The molecule has 3 N–H and O–H groups in total. The Bertz CT molecular complexity index is 740. The fourth-order valence-electron chi connectivity index (χ4n) is 1.79. The van der Waals surface area contributed by atoms with Gasteiger partial charge in [0.1, 0.15) is 0 Å². The Balaban J connectivity index is 2.37. The third kappa shape index (κ3) is 3.42. The number of rotatable bonds is 4. The number of carbonyl (C=O) groups excluding carboxylic acids is 1. The zero-order chi connectivity index (χ0) is 16.3. The van der Waals surface area contributed by atoms with Crippen molar-refractivity contribution in [2.75, 3.05) is 5.32 Å². The summed E-state index contributed by atoms with van der Waals surface area (Å²) in [5, 5.41) is 20.6. The van der Waals surface area contributed by atoms with Gasteiger partial charge in [-0.2, -0.15) is 0 Å². The number of aromatic carboxylic acids is 2. The van der Waals surface area contributed by atoms with E-state index < -0.39 is 17.8 Å². The van der Waals surface area contributed by atoms with Crippen LogP contribution in [0, 0.1) is 0 Å². The molecule has 0 unspecified atom stereocenters. The molecule has 0 bridgehead atoms. The topological polar surface area (TPSA) is 104 Å². The number of carboxylic acids is 2. The fraction of sp³-hybridized carbons (Fsp3) is 0. The molecule has 0 radical (unpaired) electrons. The number of anilines is 1. The first kappa shape index (κ1) is 15.5. The molecule has 22 heavy (non-hydrogen) atoms. The Morgan fingerprint density at radius 1 is 0.909 bits per heavy atom. The molecule has 7 heteroatoms. The maximum atomic E-state index is 12.1. The highest BCUT2D eigenvalue weighted by atomic mass is 35.5. The molecule has 0 spiro atoms. The van der Waals surface area contributed by atoms with Crippen molar-refractivity contribution in [3.63, 3.8) is 0 Å². The van der Waals surface area contributed by atoms with E-state index in [1.807, 2.05) is 0 Å². The average molecular weight is 320 g/mol. The number of carbonyl (C=O) groups is 3. The van der Waals surface area contributed by atoms with E-state index in [2.05, 4.69) is 5.32 Å². The Morgan fingerprint density at radius 3 is 1.95 bits per heavy atom. The molecule has 0 aliphatic carbocycles. The highest BCUT2D eigenvalue weighted by molar-refractivity contribution is 6.34. The van der Waals surface area contributed by atoms with Crippen molar-refractivity contribution in [3.8, 4) is 0 Å². The Labute approximate surface area is 130 Å². The largest absolute Gasteiger partial charge is 0.478 e. The number of benzene rings is 2. The number of nitrogens with one attached hydrogen (secondary N) is 1. The second kappa shape index (κ2) is 6.28. The highest BCUT2D eigenvalue weighted by Gasteiger charge is 2.14. The zero-order valence-corrected chi connectivity index (χ0v) is 11.8. The molecule has 0 fully saturated rings. The van der Waals surface area contributed by atoms with Gasteiger partial charge in [-0.1, -0.05) is 23.7 Å². The van der Waals surface area contributed by atoms with E-state index in [1.54, 1.807) is 12.1 Å². The van der Waals surface area contributed by atoms with Crippen molar-refractivity contribution in [2.24, 2.45) is 0 Å². The van der Waals surface area contributed by atoms with Gasteiger partial charge in [0, 0.05) is 5.69 Å². The summed E-state index contributed by atoms with van der Waals surface area (Å²) in [6, 6.07) is 9.66. The van der Waals surface area contributed by atoms with Crippen LogP contribution in [0.15, 0.2) is 42.5 Å². The van der Waals surface area contributed by atoms with Crippen molar-refractivity contribution < 1.29 is 24.6 Å². The van der Waals surface area contributed by atoms with Crippen LogP contribution in [-0.4, -0.2) is 28.1 Å². The molecule has 2 rings (SSSR count). The van der Waals surface area contributed by atoms with Crippen LogP contribution in [0.2, 0.25) is 5.02 Å². The Kier molecular flexibility index (Phi) is 4.43. The molecule has 0 atom stereocenters. The van der Waals surface area contributed by atoms with E-state index in [0.29, 0.717) is 0 Å². The van der Waals surface area contributed by atoms with Gasteiger partial charge in [-0.25, -0.2) is 9.59 Å². The summed E-state index contributed by atoms with van der Waals surface area (Å²) >= 11 is 5.90. The molecule has 2 aromatic carbocycles. The number of hydrogen-bond acceptors (Lipinski definition) is 3. The number of hydrogen-bond donors (Lipinski definition) is 3. The number of carboxylic acid groups (broad SMARTS) is 2. The summed E-state index contributed by atoms with van der Waals surface area (Å²) in [5.74, 6) is -3.16. The molecule has 0 heterocycles. The summed E-state index contributed by atoms with van der Waals surface area (Å²) in [6.45, 7) is 0. The first-order valence-electron chi connectivity index (χ1n) is 6.06. The van der Waals surface area contributed by atoms with Gasteiger partial charge in [-0.3, -0.25) is 4.79 Å². The molecular weight excluding hydrogens is 310 g/mol. The molecule has 0 aromatic heterocycles. The predicted octanol–water partition coefficient (Wildman–Crippen LogP) is 2.99. The normalized spacial score (nSPS) is 10.0. The van der Waals surface area contributed by atoms with Crippen LogP contribution >= 0.6 is 11.6 Å². The zero-order valence-electron chi connectivity index (χ0n) is 11.0. The van der Waals surface area contributed by atoms with Gasteiger partial charge in [0.2, 0.25) is 0 Å². The standard InChI is InChI=1S/C15H10ClNO5/c16-12-4-2-1-3-11(12)13(18)17-10-6-8(14(19)20)5-9(7-10)15(21)22/h1-7H,(H,17,18)(H,19,20)(H,21,22). The molecule has 0 saturated heterocycles. The van der Waals surface area contributed by atoms with Gasteiger partial charge in [0.05, 0.1) is 21.7 Å². The van der Waals surface area contributed by atoms with Crippen molar-refractivity contribution in [1.82, 2.24) is 0 Å². The quantitative estimate of drug-likeness (QED) is 0.803. The molecule has 112 valence electrons. The van der Waals surface area contributed by atoms with Crippen molar-refractivity contribution in [3.05, 3.63) is 64.2 Å². The lowest BCUT2D eigenvalue weighted by atomic mass is 10.1. The monoisotopic (exact) mass is 319 g/mol. The maximum absolute atomic E-state index is 12.1. The first-order chi connectivity index (χ1) is 10.4. The van der Waals surface area contributed by atoms with E-state index in [9.17, 15) is 14.4 Å². The van der Waals surface area contributed by atoms with Gasteiger partial charge < -0.3 is 15.5 Å². The van der Waals surface area contributed by atoms with Crippen LogP contribution in [0.4, 0.5) is 5.69 Å². The minimum Gasteiger partial charge on any atom is -0.478 e. The van der Waals surface area contributed by atoms with E-state index >= 15 is 0 Å². The van der Waals surface area contributed by atoms with Crippen LogP contribution in [0.5, 0.6) is 0 Å². The van der Waals surface area contributed by atoms with Gasteiger partial charge in [-0.15, -0.1) is 0 Å². The molecule has 1 amide bonds. The lowest BCUT2D eigenvalue weighted by molar-refractivity contribution is 0.0696. The number of halogens is 1. The van der Waals surface area contributed by atoms with Gasteiger partial charge >= 0.3 is 11.9 Å². The van der Waals surface area contributed by atoms with E-state index in [4.69, 9.17) is 21.8 Å². The van der Waals surface area contributed by atoms with E-state index in [-0.39, 0.29) is 27.4 Å². The summed E-state index contributed by atoms with van der Waals surface area (Å²) < 4.78 is 0. The third-order valence-electron chi connectivity index (χ3n) is 2.80. The fourth-order valence-corrected chi connectivity index (χ4v) is 2.01. The molecule has 2 aromatic rings. The van der Waals surface area contributed by atoms with Crippen LogP contribution in [0.3, 0.4) is 0 Å². The highest BCUT2D eigenvalue weighted by Crippen LogP contribution is 2.19. The third-order valence-corrected chi connectivity index (χ3v) is 3.13. The smallest absolute Gasteiger partial charge is 0.335 e. The van der Waals surface area contributed by atoms with Crippen LogP contribution < -0.4 is 5.32 Å². The van der Waals surface area contributed by atoms with E-state index in [0.717, 1.165) is 6.07 Å². The van der Waals surface area contributed by atoms with Gasteiger partial charge in [-0.05, 0) is 30.3 Å².